The van der Waals surface area contributed by atoms with E-state index < -0.39 is 0 Å². The highest BCUT2D eigenvalue weighted by molar-refractivity contribution is 7.99. The number of hydrogen-bond donors (Lipinski definition) is 1. The minimum absolute atomic E-state index is 0.117. The predicted molar refractivity (Wildman–Crippen MR) is 78.4 cm³/mol. The smallest absolute Gasteiger partial charge is 0.306 e. The number of esters is 1. The number of rotatable bonds is 6. The fourth-order valence-corrected chi connectivity index (χ4v) is 3.63. The summed E-state index contributed by atoms with van der Waals surface area (Å²) in [6.07, 6.45) is 2.69. The zero-order chi connectivity index (χ0) is 13.9. The largest absolute Gasteiger partial charge is 0.469 e. The van der Waals surface area contributed by atoms with E-state index in [-0.39, 0.29) is 11.4 Å². The van der Waals surface area contributed by atoms with Gasteiger partial charge in [0.2, 0.25) is 0 Å². The van der Waals surface area contributed by atoms with Crippen LogP contribution in [0, 0.1) is 5.41 Å². The molecule has 0 aliphatic heterocycles. The Morgan fingerprint density at radius 3 is 2.84 bits per heavy atom. The van der Waals surface area contributed by atoms with Crippen molar-refractivity contribution in [2.75, 3.05) is 12.9 Å². The Kier molecular flexibility index (Phi) is 4.76. The van der Waals surface area contributed by atoms with Gasteiger partial charge in [-0.05, 0) is 36.0 Å². The van der Waals surface area contributed by atoms with E-state index in [1.165, 1.54) is 7.11 Å². The number of ether oxygens (including phenoxy) is 1. The quantitative estimate of drug-likeness (QED) is 0.647. The van der Waals surface area contributed by atoms with Gasteiger partial charge in [0.1, 0.15) is 0 Å². The van der Waals surface area contributed by atoms with Gasteiger partial charge in [-0.15, -0.1) is 11.8 Å². The topological polar surface area (TPSA) is 52.3 Å². The van der Waals surface area contributed by atoms with Gasteiger partial charge in [0.15, 0.2) is 0 Å². The fourth-order valence-electron chi connectivity index (χ4n) is 1.99. The van der Waals surface area contributed by atoms with Gasteiger partial charge in [-0.1, -0.05) is 17.7 Å². The first-order chi connectivity index (χ1) is 9.08. The van der Waals surface area contributed by atoms with Crippen LogP contribution in [0.25, 0.3) is 0 Å². The average Bonchev–Trinajstić information content (AvgIpc) is 3.16. The Morgan fingerprint density at radius 1 is 1.53 bits per heavy atom. The van der Waals surface area contributed by atoms with Gasteiger partial charge in [-0.25, -0.2) is 0 Å². The van der Waals surface area contributed by atoms with Crippen LogP contribution in [-0.4, -0.2) is 18.8 Å². The van der Waals surface area contributed by atoms with E-state index in [4.69, 9.17) is 22.1 Å². The normalized spacial score (nSPS) is 16.2. The Labute approximate surface area is 122 Å². The van der Waals surface area contributed by atoms with Gasteiger partial charge in [0.05, 0.1) is 13.5 Å². The molecule has 1 aliphatic rings. The molecule has 0 unspecified atom stereocenters. The molecule has 0 spiro atoms. The zero-order valence-corrected chi connectivity index (χ0v) is 12.5. The van der Waals surface area contributed by atoms with Gasteiger partial charge >= 0.3 is 5.97 Å². The molecule has 1 aliphatic carbocycles. The average molecular weight is 300 g/mol. The molecule has 0 heterocycles. The monoisotopic (exact) mass is 299 g/mol. The molecule has 1 fully saturated rings. The van der Waals surface area contributed by atoms with Crippen LogP contribution in [0.1, 0.15) is 24.8 Å². The highest BCUT2D eigenvalue weighted by atomic mass is 35.5. The van der Waals surface area contributed by atoms with Crippen LogP contribution in [0.4, 0.5) is 0 Å². The first-order valence-corrected chi connectivity index (χ1v) is 7.63. The van der Waals surface area contributed by atoms with E-state index in [1.807, 2.05) is 18.2 Å². The maximum atomic E-state index is 11.4. The Balaban J connectivity index is 1.99. The molecule has 1 saturated carbocycles. The molecular formula is C14H18ClNO2S. The molecule has 2 rings (SSSR count). The van der Waals surface area contributed by atoms with Crippen molar-refractivity contribution in [2.24, 2.45) is 11.1 Å². The maximum Gasteiger partial charge on any atom is 0.306 e. The molecule has 0 bridgehead atoms. The van der Waals surface area contributed by atoms with Crippen molar-refractivity contribution in [2.45, 2.75) is 30.7 Å². The number of hydrogen-bond acceptors (Lipinski definition) is 4. The Morgan fingerprint density at radius 2 is 2.26 bits per heavy atom. The minimum atomic E-state index is -0.122. The molecule has 1 aromatic rings. The minimum Gasteiger partial charge on any atom is -0.469 e. The van der Waals surface area contributed by atoms with Crippen molar-refractivity contribution in [3.8, 4) is 0 Å². The van der Waals surface area contributed by atoms with E-state index in [1.54, 1.807) is 11.8 Å². The molecule has 3 nitrogen and oxygen atoms in total. The van der Waals surface area contributed by atoms with Gasteiger partial charge in [0.25, 0.3) is 0 Å². The van der Waals surface area contributed by atoms with E-state index in [2.05, 4.69) is 0 Å². The molecule has 0 amide bonds. The van der Waals surface area contributed by atoms with E-state index in [0.717, 1.165) is 34.1 Å². The lowest BCUT2D eigenvalue weighted by Gasteiger charge is -2.14. The number of halogens is 1. The lowest BCUT2D eigenvalue weighted by atomic mass is 10.1. The van der Waals surface area contributed by atoms with E-state index in [0.29, 0.717) is 13.0 Å². The Bertz CT molecular complexity index is 475. The van der Waals surface area contributed by atoms with Crippen LogP contribution in [-0.2, 0) is 16.1 Å². The lowest BCUT2D eigenvalue weighted by Crippen LogP contribution is -2.13. The highest BCUT2D eigenvalue weighted by Crippen LogP contribution is 2.52. The van der Waals surface area contributed by atoms with Crippen LogP contribution in [0.5, 0.6) is 0 Å². The second-order valence-corrected chi connectivity index (χ2v) is 6.45. The predicted octanol–water partition coefficient (Wildman–Crippen LogP) is 3.23. The van der Waals surface area contributed by atoms with Crippen LogP contribution in [0.3, 0.4) is 0 Å². The molecule has 2 N–H and O–H groups in total. The SMILES string of the molecule is COC(=O)CC1(CSc2cc(Cl)ccc2CN)CC1. The van der Waals surface area contributed by atoms with Crippen LogP contribution < -0.4 is 5.73 Å². The first kappa shape index (κ1) is 14.7. The molecular weight excluding hydrogens is 282 g/mol. The summed E-state index contributed by atoms with van der Waals surface area (Å²) in [7, 11) is 1.44. The molecule has 0 saturated heterocycles. The molecule has 0 atom stereocenters. The maximum absolute atomic E-state index is 11.4. The van der Waals surface area contributed by atoms with Crippen LogP contribution in [0.15, 0.2) is 23.1 Å². The third kappa shape index (κ3) is 3.88. The molecule has 0 radical (unpaired) electrons. The van der Waals surface area contributed by atoms with E-state index in [9.17, 15) is 4.79 Å². The third-order valence-electron chi connectivity index (χ3n) is 3.49. The summed E-state index contributed by atoms with van der Waals surface area (Å²) >= 11 is 7.75. The van der Waals surface area contributed by atoms with Gasteiger partial charge in [-0.3, -0.25) is 4.79 Å². The van der Waals surface area contributed by atoms with Crippen molar-refractivity contribution in [3.63, 3.8) is 0 Å². The van der Waals surface area contributed by atoms with Gasteiger partial charge in [0, 0.05) is 22.2 Å². The summed E-state index contributed by atoms with van der Waals surface area (Å²) in [5.74, 6) is 0.790. The van der Waals surface area contributed by atoms with Crippen LogP contribution >= 0.6 is 23.4 Å². The summed E-state index contributed by atoms with van der Waals surface area (Å²) < 4.78 is 4.75. The molecule has 104 valence electrons. The fraction of sp³-hybridized carbons (Fsp3) is 0.500. The molecule has 0 aromatic heterocycles. The standard InChI is InChI=1S/C14H18ClNO2S/c1-18-13(17)7-14(4-5-14)9-19-12-6-11(15)3-2-10(12)8-16/h2-3,6H,4-5,7-9,16H2,1H3. The summed E-state index contributed by atoms with van der Waals surface area (Å²) in [6.45, 7) is 0.503. The summed E-state index contributed by atoms with van der Waals surface area (Å²) in [5.41, 5.74) is 6.94. The molecule has 19 heavy (non-hydrogen) atoms. The number of nitrogens with two attached hydrogens (primary N) is 1. The number of methoxy groups -OCH3 is 1. The van der Waals surface area contributed by atoms with Gasteiger partial charge in [-0.2, -0.15) is 0 Å². The van der Waals surface area contributed by atoms with Crippen molar-refractivity contribution in [3.05, 3.63) is 28.8 Å². The van der Waals surface area contributed by atoms with Crippen LogP contribution in [0.2, 0.25) is 5.02 Å². The summed E-state index contributed by atoms with van der Waals surface area (Å²) in [5, 5.41) is 0.720. The second kappa shape index (κ2) is 6.16. The van der Waals surface area contributed by atoms with Crippen molar-refractivity contribution in [1.29, 1.82) is 0 Å². The van der Waals surface area contributed by atoms with E-state index >= 15 is 0 Å². The van der Waals surface area contributed by atoms with Gasteiger partial charge < -0.3 is 10.5 Å². The zero-order valence-electron chi connectivity index (χ0n) is 10.9. The number of carbonyl (C=O) groups is 1. The lowest BCUT2D eigenvalue weighted by molar-refractivity contribution is -0.141. The molecule has 1 aromatic carbocycles. The number of carbonyl (C=O) groups excluding carboxylic acids is 1. The summed E-state index contributed by atoms with van der Waals surface area (Å²) in [4.78, 5) is 12.5. The number of thioether (sulfide) groups is 1. The molecule has 5 heteroatoms. The van der Waals surface area contributed by atoms with Crippen molar-refractivity contribution < 1.29 is 9.53 Å². The Hall–Kier alpha value is -0.710. The van der Waals surface area contributed by atoms with Crippen molar-refractivity contribution in [1.82, 2.24) is 0 Å². The second-order valence-electron chi connectivity index (χ2n) is 5.00. The first-order valence-electron chi connectivity index (χ1n) is 6.27. The highest BCUT2D eigenvalue weighted by Gasteiger charge is 2.44. The third-order valence-corrected chi connectivity index (χ3v) is 5.17. The van der Waals surface area contributed by atoms with Crippen molar-refractivity contribution >= 4 is 29.3 Å². The number of benzene rings is 1. The summed E-state index contributed by atoms with van der Waals surface area (Å²) in [6, 6.07) is 5.77.